The summed E-state index contributed by atoms with van der Waals surface area (Å²) in [6.45, 7) is 1.08. The SMILES string of the molecule is COC(=O)[C@H](CSCC(=O)C(=O)NCCOCCO[N+](=O)[O-])NC(C)=O. The molecule has 13 heteroatoms. The Morgan fingerprint density at radius 1 is 1.19 bits per heavy atom. The van der Waals surface area contributed by atoms with Crippen molar-refractivity contribution in [1.82, 2.24) is 10.6 Å². The lowest BCUT2D eigenvalue weighted by Gasteiger charge is -2.14. The number of methoxy groups -OCH3 is 1. The molecule has 148 valence electrons. The van der Waals surface area contributed by atoms with Gasteiger partial charge >= 0.3 is 5.97 Å². The molecule has 0 aliphatic rings. The van der Waals surface area contributed by atoms with Crippen LogP contribution in [0, 0.1) is 10.1 Å². The second-order valence-electron chi connectivity index (χ2n) is 4.64. The summed E-state index contributed by atoms with van der Waals surface area (Å²) in [5, 5.41) is 13.6. The zero-order valence-corrected chi connectivity index (χ0v) is 15.2. The molecule has 0 aliphatic heterocycles. The molecule has 0 saturated heterocycles. The lowest BCUT2D eigenvalue weighted by atomic mass is 10.3. The maximum Gasteiger partial charge on any atom is 0.329 e. The number of esters is 1. The summed E-state index contributed by atoms with van der Waals surface area (Å²) in [6.07, 6.45) is 0. The Hall–Kier alpha value is -2.41. The van der Waals surface area contributed by atoms with Crippen molar-refractivity contribution in [2.24, 2.45) is 0 Å². The fourth-order valence-corrected chi connectivity index (χ4v) is 2.39. The van der Waals surface area contributed by atoms with E-state index in [9.17, 15) is 29.3 Å². The van der Waals surface area contributed by atoms with E-state index in [1.807, 2.05) is 0 Å². The number of amides is 2. The molecule has 2 N–H and O–H groups in total. The minimum Gasteiger partial charge on any atom is -0.467 e. The van der Waals surface area contributed by atoms with Crippen LogP contribution in [-0.2, 0) is 33.5 Å². The summed E-state index contributed by atoms with van der Waals surface area (Å²) in [4.78, 5) is 59.6. The van der Waals surface area contributed by atoms with Crippen molar-refractivity contribution in [3.05, 3.63) is 10.1 Å². The van der Waals surface area contributed by atoms with Crippen LogP contribution in [0.4, 0.5) is 0 Å². The van der Waals surface area contributed by atoms with Gasteiger partial charge in [0.15, 0.2) is 0 Å². The van der Waals surface area contributed by atoms with Crippen molar-refractivity contribution < 1.29 is 38.6 Å². The molecule has 0 rings (SSSR count). The van der Waals surface area contributed by atoms with Crippen molar-refractivity contribution >= 4 is 35.3 Å². The fourth-order valence-electron chi connectivity index (χ4n) is 1.50. The van der Waals surface area contributed by atoms with Gasteiger partial charge in [-0.05, 0) is 0 Å². The quantitative estimate of drug-likeness (QED) is 0.114. The highest BCUT2D eigenvalue weighted by Crippen LogP contribution is 2.05. The first-order chi connectivity index (χ1) is 12.3. The molecule has 0 spiro atoms. The van der Waals surface area contributed by atoms with Crippen molar-refractivity contribution in [2.75, 3.05) is 45.0 Å². The van der Waals surface area contributed by atoms with Crippen LogP contribution >= 0.6 is 11.8 Å². The number of ketones is 1. The fraction of sp³-hybridized carbons (Fsp3) is 0.692. The van der Waals surface area contributed by atoms with E-state index in [0.717, 1.165) is 11.8 Å². The third-order valence-electron chi connectivity index (χ3n) is 2.59. The molecular weight excluding hydrogens is 374 g/mol. The molecule has 0 unspecified atom stereocenters. The molecule has 0 heterocycles. The van der Waals surface area contributed by atoms with Crippen LogP contribution < -0.4 is 10.6 Å². The van der Waals surface area contributed by atoms with Gasteiger partial charge in [0.1, 0.15) is 12.6 Å². The number of rotatable bonds is 14. The van der Waals surface area contributed by atoms with Gasteiger partial charge in [-0.2, -0.15) is 11.8 Å². The molecule has 0 aromatic rings. The number of thioether (sulfide) groups is 1. The van der Waals surface area contributed by atoms with Crippen molar-refractivity contribution in [2.45, 2.75) is 13.0 Å². The number of hydrogen-bond donors (Lipinski definition) is 2. The molecule has 0 aromatic heterocycles. The highest BCUT2D eigenvalue weighted by molar-refractivity contribution is 8.00. The van der Waals surface area contributed by atoms with Gasteiger partial charge < -0.3 is 24.9 Å². The van der Waals surface area contributed by atoms with E-state index in [1.54, 1.807) is 0 Å². The molecule has 0 fully saturated rings. The average Bonchev–Trinajstić information content (AvgIpc) is 2.58. The topological polar surface area (TPSA) is 163 Å². The van der Waals surface area contributed by atoms with E-state index in [-0.39, 0.29) is 37.9 Å². The maximum absolute atomic E-state index is 11.7. The van der Waals surface area contributed by atoms with E-state index in [4.69, 9.17) is 4.74 Å². The Bertz CT molecular complexity index is 515. The van der Waals surface area contributed by atoms with Crippen molar-refractivity contribution in [3.63, 3.8) is 0 Å². The maximum atomic E-state index is 11.7. The monoisotopic (exact) mass is 395 g/mol. The van der Waals surface area contributed by atoms with Gasteiger partial charge in [-0.15, -0.1) is 10.1 Å². The lowest BCUT2D eigenvalue weighted by Crippen LogP contribution is -2.42. The summed E-state index contributed by atoms with van der Waals surface area (Å²) in [5.41, 5.74) is 0. The van der Waals surface area contributed by atoms with E-state index in [2.05, 4.69) is 20.2 Å². The number of nitrogens with zero attached hydrogens (tertiary/aromatic N) is 1. The minimum atomic E-state index is -0.946. The number of nitrogens with one attached hydrogen (secondary N) is 2. The minimum absolute atomic E-state index is 0.0291. The van der Waals surface area contributed by atoms with E-state index < -0.39 is 34.7 Å². The van der Waals surface area contributed by atoms with Crippen LogP contribution in [0.5, 0.6) is 0 Å². The second-order valence-corrected chi connectivity index (χ2v) is 5.67. The molecule has 12 nitrogen and oxygen atoms in total. The van der Waals surface area contributed by atoms with Gasteiger partial charge in [0.2, 0.25) is 11.7 Å². The predicted octanol–water partition coefficient (Wildman–Crippen LogP) is -1.69. The van der Waals surface area contributed by atoms with Gasteiger partial charge in [0.25, 0.3) is 11.0 Å². The standard InChI is InChI=1S/C13H21N3O9S/c1-9(17)15-10(13(20)23-2)7-26-8-11(18)12(19)14-3-4-24-5-6-25-16(21)22/h10H,3-8H2,1-2H3,(H,14,19)(H,15,17)/t10-/m0/s1. The molecule has 0 aliphatic carbocycles. The smallest absolute Gasteiger partial charge is 0.329 e. The summed E-state index contributed by atoms with van der Waals surface area (Å²) < 4.78 is 9.48. The molecule has 0 saturated carbocycles. The summed E-state index contributed by atoms with van der Waals surface area (Å²) in [5.74, 6) is -2.72. The second kappa shape index (κ2) is 13.8. The van der Waals surface area contributed by atoms with Crippen LogP contribution in [0.2, 0.25) is 0 Å². The van der Waals surface area contributed by atoms with Crippen LogP contribution in [0.1, 0.15) is 6.92 Å². The zero-order chi connectivity index (χ0) is 19.9. The van der Waals surface area contributed by atoms with E-state index in [0.29, 0.717) is 0 Å². The third kappa shape index (κ3) is 12.0. The molecule has 0 radical (unpaired) electrons. The number of hydrogen-bond acceptors (Lipinski definition) is 10. The van der Waals surface area contributed by atoms with Crippen molar-refractivity contribution in [3.8, 4) is 0 Å². The Labute approximate surface area is 153 Å². The normalized spacial score (nSPS) is 11.2. The molecule has 26 heavy (non-hydrogen) atoms. The largest absolute Gasteiger partial charge is 0.467 e. The molecule has 0 bridgehead atoms. The van der Waals surface area contributed by atoms with Gasteiger partial charge in [0.05, 0.1) is 26.1 Å². The van der Waals surface area contributed by atoms with Crippen LogP contribution in [0.15, 0.2) is 0 Å². The lowest BCUT2D eigenvalue weighted by molar-refractivity contribution is -0.758. The van der Waals surface area contributed by atoms with Crippen LogP contribution in [0.3, 0.4) is 0 Å². The van der Waals surface area contributed by atoms with Gasteiger partial charge in [0, 0.05) is 19.2 Å². The van der Waals surface area contributed by atoms with Gasteiger partial charge in [-0.25, -0.2) is 4.79 Å². The highest BCUT2D eigenvalue weighted by atomic mass is 32.2. The van der Waals surface area contributed by atoms with Gasteiger partial charge in [-0.3, -0.25) is 14.4 Å². The van der Waals surface area contributed by atoms with Gasteiger partial charge in [-0.1, -0.05) is 0 Å². The van der Waals surface area contributed by atoms with E-state index >= 15 is 0 Å². The van der Waals surface area contributed by atoms with Crippen LogP contribution in [-0.4, -0.2) is 79.7 Å². The number of ether oxygens (including phenoxy) is 2. The van der Waals surface area contributed by atoms with Crippen molar-refractivity contribution in [1.29, 1.82) is 0 Å². The summed E-state index contributed by atoms with van der Waals surface area (Å²) >= 11 is 0.999. The number of carbonyl (C=O) groups is 4. The predicted molar refractivity (Wildman–Crippen MR) is 88.7 cm³/mol. The Balaban J connectivity index is 3.93. The van der Waals surface area contributed by atoms with E-state index in [1.165, 1.54) is 14.0 Å². The number of carbonyl (C=O) groups excluding carboxylic acids is 4. The Morgan fingerprint density at radius 2 is 1.88 bits per heavy atom. The third-order valence-corrected chi connectivity index (χ3v) is 3.63. The summed E-state index contributed by atoms with van der Waals surface area (Å²) in [6, 6.07) is -0.909. The molecule has 1 atom stereocenters. The molecule has 0 aromatic carbocycles. The molecule has 2 amide bonds. The highest BCUT2D eigenvalue weighted by Gasteiger charge is 2.21. The average molecular weight is 395 g/mol. The first-order valence-electron chi connectivity index (χ1n) is 7.36. The first-order valence-corrected chi connectivity index (χ1v) is 8.52. The first kappa shape index (κ1) is 23.6. The van der Waals surface area contributed by atoms with Crippen LogP contribution in [0.25, 0.3) is 0 Å². The molecular formula is C13H21N3O9S. The Morgan fingerprint density at radius 3 is 2.46 bits per heavy atom. The zero-order valence-electron chi connectivity index (χ0n) is 14.3. The summed E-state index contributed by atoms with van der Waals surface area (Å²) in [7, 11) is 1.17. The Kier molecular flexibility index (Phi) is 12.6. The number of Topliss-reactive ketones (excluding diaryl/α,β-unsaturated/α-hetero) is 1.